The second-order valence-corrected chi connectivity index (χ2v) is 5.23. The summed E-state index contributed by atoms with van der Waals surface area (Å²) in [6.07, 6.45) is 5.08. The van der Waals surface area contributed by atoms with Crippen molar-refractivity contribution in [3.05, 3.63) is 50.1 Å². The molecule has 1 heterocycles. The molecule has 0 saturated carbocycles. The highest BCUT2D eigenvalue weighted by Crippen LogP contribution is 2.25. The van der Waals surface area contributed by atoms with Gasteiger partial charge in [-0.3, -0.25) is 4.79 Å². The molecule has 0 bridgehead atoms. The quantitative estimate of drug-likeness (QED) is 0.603. The molecule has 3 nitrogen and oxygen atoms in total. The Morgan fingerprint density at radius 1 is 1.40 bits per heavy atom. The van der Waals surface area contributed by atoms with Crippen LogP contribution in [-0.4, -0.2) is 11.2 Å². The van der Waals surface area contributed by atoms with Gasteiger partial charge in [-0.1, -0.05) is 5.92 Å². The van der Waals surface area contributed by atoms with E-state index in [-0.39, 0.29) is 12.2 Å². The van der Waals surface area contributed by atoms with Crippen LogP contribution in [0.25, 0.3) is 11.3 Å². The molecular weight excluding hydrogens is 372 g/mol. The molecule has 5 heteroatoms. The average Bonchev–Trinajstić information content (AvgIpc) is 2.44. The van der Waals surface area contributed by atoms with Gasteiger partial charge in [-0.25, -0.2) is 4.39 Å². The molecule has 0 N–H and O–H groups in total. The molecule has 2 rings (SSSR count). The van der Waals surface area contributed by atoms with Gasteiger partial charge in [0.2, 0.25) is 0 Å². The summed E-state index contributed by atoms with van der Waals surface area (Å²) in [5, 5.41) is 0. The molecule has 0 unspecified atom stereocenters. The van der Waals surface area contributed by atoms with Crippen molar-refractivity contribution in [2.24, 2.45) is 7.05 Å². The van der Waals surface area contributed by atoms with Crippen LogP contribution in [0.1, 0.15) is 0 Å². The fourth-order valence-corrected chi connectivity index (χ4v) is 2.34. The maximum absolute atomic E-state index is 14.1. The molecule has 0 radical (unpaired) electrons. The van der Waals surface area contributed by atoms with E-state index in [1.54, 1.807) is 31.3 Å². The summed E-state index contributed by atoms with van der Waals surface area (Å²) in [6.45, 7) is 0.0841. The summed E-state index contributed by atoms with van der Waals surface area (Å²) >= 11 is 1.95. The molecule has 0 atom stereocenters. The molecule has 1 aromatic carbocycles. The van der Waals surface area contributed by atoms with Gasteiger partial charge in [-0.2, -0.15) is 0 Å². The van der Waals surface area contributed by atoms with Crippen LogP contribution < -0.4 is 10.3 Å². The zero-order valence-corrected chi connectivity index (χ0v) is 12.8. The molecule has 0 fully saturated rings. The smallest absolute Gasteiger partial charge is 0.264 e. The topological polar surface area (TPSA) is 31.2 Å². The normalized spacial score (nSPS) is 10.1. The third kappa shape index (κ3) is 2.85. The lowest BCUT2D eigenvalue weighted by molar-refractivity contribution is 0.368. The van der Waals surface area contributed by atoms with Crippen LogP contribution in [0.2, 0.25) is 0 Å². The zero-order valence-electron chi connectivity index (χ0n) is 10.7. The maximum Gasteiger partial charge on any atom is 0.264 e. The van der Waals surface area contributed by atoms with Gasteiger partial charge in [0.15, 0.2) is 0 Å². The second-order valence-electron chi connectivity index (χ2n) is 4.07. The van der Waals surface area contributed by atoms with E-state index in [1.165, 1.54) is 10.6 Å². The van der Waals surface area contributed by atoms with Gasteiger partial charge < -0.3 is 9.30 Å². The average molecular weight is 383 g/mol. The van der Waals surface area contributed by atoms with Gasteiger partial charge in [-0.15, -0.1) is 6.42 Å². The third-order valence-corrected chi connectivity index (χ3v) is 3.62. The standard InChI is InChI=1S/C15H11FINO2/c1-3-8-20-10-4-5-11(12(16)9-10)14-7-6-13(17)15(19)18(14)2/h1,4-7,9H,8H2,2H3. The van der Waals surface area contributed by atoms with E-state index in [0.717, 1.165) is 0 Å². The number of halogens is 2. The molecule has 102 valence electrons. The Labute approximate surface area is 129 Å². The molecule has 20 heavy (non-hydrogen) atoms. The number of hydrogen-bond acceptors (Lipinski definition) is 2. The fourth-order valence-electron chi connectivity index (χ4n) is 1.79. The largest absolute Gasteiger partial charge is 0.481 e. The van der Waals surface area contributed by atoms with Gasteiger partial charge in [0.05, 0.1) is 9.26 Å². The second kappa shape index (κ2) is 6.09. The Bertz CT molecular complexity index is 747. The molecule has 0 spiro atoms. The van der Waals surface area contributed by atoms with E-state index < -0.39 is 5.82 Å². The number of nitrogens with zero attached hydrogens (tertiary/aromatic N) is 1. The van der Waals surface area contributed by atoms with E-state index >= 15 is 0 Å². The fraction of sp³-hybridized carbons (Fsp3) is 0.133. The van der Waals surface area contributed by atoms with Gasteiger partial charge in [-0.05, 0) is 46.9 Å². The van der Waals surface area contributed by atoms with Crippen molar-refractivity contribution >= 4 is 22.6 Å². The van der Waals surface area contributed by atoms with Gasteiger partial charge in [0, 0.05) is 18.7 Å². The van der Waals surface area contributed by atoms with Crippen LogP contribution >= 0.6 is 22.6 Å². The van der Waals surface area contributed by atoms with Crippen molar-refractivity contribution in [3.8, 4) is 29.4 Å². The lowest BCUT2D eigenvalue weighted by Gasteiger charge is -2.11. The van der Waals surface area contributed by atoms with Gasteiger partial charge in [0.1, 0.15) is 18.2 Å². The van der Waals surface area contributed by atoms with E-state index in [2.05, 4.69) is 5.92 Å². The minimum absolute atomic E-state index is 0.0841. The number of ether oxygens (including phenoxy) is 1. The molecule has 1 aromatic heterocycles. The predicted octanol–water partition coefficient (Wildman–Crippen LogP) is 2.81. The van der Waals surface area contributed by atoms with Crippen molar-refractivity contribution < 1.29 is 9.13 Å². The number of hydrogen-bond donors (Lipinski definition) is 0. The van der Waals surface area contributed by atoms with Crippen LogP contribution in [0, 0.1) is 21.7 Å². The van der Waals surface area contributed by atoms with Crippen LogP contribution in [0.15, 0.2) is 35.1 Å². The molecule has 0 saturated heterocycles. The van der Waals surface area contributed by atoms with Gasteiger partial charge >= 0.3 is 0 Å². The van der Waals surface area contributed by atoms with Crippen molar-refractivity contribution in [1.82, 2.24) is 4.57 Å². The monoisotopic (exact) mass is 383 g/mol. The lowest BCUT2D eigenvalue weighted by atomic mass is 10.1. The van der Waals surface area contributed by atoms with Crippen molar-refractivity contribution in [2.75, 3.05) is 6.61 Å². The summed E-state index contributed by atoms with van der Waals surface area (Å²) in [7, 11) is 1.61. The zero-order chi connectivity index (χ0) is 14.7. The number of aromatic nitrogens is 1. The van der Waals surface area contributed by atoms with Crippen LogP contribution in [0.4, 0.5) is 4.39 Å². The number of terminal acetylenes is 1. The van der Waals surface area contributed by atoms with E-state index in [9.17, 15) is 9.18 Å². The molecular formula is C15H11FINO2. The first kappa shape index (κ1) is 14.6. The van der Waals surface area contributed by atoms with E-state index in [1.807, 2.05) is 22.6 Å². The van der Waals surface area contributed by atoms with E-state index in [0.29, 0.717) is 20.6 Å². The molecule has 2 aromatic rings. The lowest BCUT2D eigenvalue weighted by Crippen LogP contribution is -2.20. The first-order valence-corrected chi connectivity index (χ1v) is 6.84. The van der Waals surface area contributed by atoms with Crippen molar-refractivity contribution in [1.29, 1.82) is 0 Å². The molecule has 0 aliphatic heterocycles. The number of rotatable bonds is 3. The number of pyridine rings is 1. The Morgan fingerprint density at radius 3 is 2.80 bits per heavy atom. The molecule has 0 aliphatic carbocycles. The van der Waals surface area contributed by atoms with E-state index in [4.69, 9.17) is 11.2 Å². The van der Waals surface area contributed by atoms with Crippen LogP contribution in [-0.2, 0) is 7.05 Å². The van der Waals surface area contributed by atoms with Gasteiger partial charge in [0.25, 0.3) is 5.56 Å². The predicted molar refractivity (Wildman–Crippen MR) is 84.1 cm³/mol. The minimum atomic E-state index is -0.462. The third-order valence-electron chi connectivity index (χ3n) is 2.80. The minimum Gasteiger partial charge on any atom is -0.481 e. The first-order valence-electron chi connectivity index (χ1n) is 5.76. The van der Waals surface area contributed by atoms with Crippen molar-refractivity contribution in [2.45, 2.75) is 0 Å². The highest BCUT2D eigenvalue weighted by molar-refractivity contribution is 14.1. The SMILES string of the molecule is C#CCOc1ccc(-c2ccc(I)c(=O)n2C)c(F)c1. The number of benzene rings is 1. The summed E-state index contributed by atoms with van der Waals surface area (Å²) in [5.41, 5.74) is 0.695. The first-order chi connectivity index (χ1) is 9.54. The Kier molecular flexibility index (Phi) is 4.45. The van der Waals surface area contributed by atoms with Crippen molar-refractivity contribution in [3.63, 3.8) is 0 Å². The maximum atomic E-state index is 14.1. The van der Waals surface area contributed by atoms with Crippen LogP contribution in [0.5, 0.6) is 5.75 Å². The summed E-state index contributed by atoms with van der Waals surface area (Å²) < 4.78 is 21.3. The Balaban J connectivity index is 2.47. The molecule has 0 aliphatic rings. The Morgan fingerprint density at radius 2 is 2.15 bits per heavy atom. The Hall–Kier alpha value is -1.81. The summed E-state index contributed by atoms with van der Waals surface area (Å²) in [5.74, 6) is 2.21. The highest BCUT2D eigenvalue weighted by Gasteiger charge is 2.11. The summed E-state index contributed by atoms with van der Waals surface area (Å²) in [6, 6.07) is 7.83. The summed E-state index contributed by atoms with van der Waals surface area (Å²) in [4.78, 5) is 11.9. The highest BCUT2D eigenvalue weighted by atomic mass is 127. The van der Waals surface area contributed by atoms with Crippen LogP contribution in [0.3, 0.4) is 0 Å². The molecule has 0 amide bonds.